The summed E-state index contributed by atoms with van der Waals surface area (Å²) in [6.45, 7) is 10.7. The maximum atomic E-state index is 13.4. The summed E-state index contributed by atoms with van der Waals surface area (Å²) in [7, 11) is 0. The molecule has 0 amide bonds. The summed E-state index contributed by atoms with van der Waals surface area (Å²) in [5, 5.41) is 0. The number of carbonyl (C=O) groups excluding carboxylic acids is 1. The zero-order valence-corrected chi connectivity index (χ0v) is 29.0. The van der Waals surface area contributed by atoms with Gasteiger partial charge in [-0.25, -0.2) is 0 Å². The summed E-state index contributed by atoms with van der Waals surface area (Å²) >= 11 is 0. The minimum absolute atomic E-state index is 0.0182. The van der Waals surface area contributed by atoms with Gasteiger partial charge in [0.05, 0.1) is 0 Å². The van der Waals surface area contributed by atoms with Crippen LogP contribution in [-0.2, 0) is 9.32 Å². The van der Waals surface area contributed by atoms with Crippen LogP contribution < -0.4 is 0 Å². The van der Waals surface area contributed by atoms with E-state index in [-0.39, 0.29) is 11.9 Å². The van der Waals surface area contributed by atoms with Gasteiger partial charge >= 0.3 is 235 Å². The van der Waals surface area contributed by atoms with Gasteiger partial charge in [-0.3, -0.25) is 0 Å². The van der Waals surface area contributed by atoms with Crippen LogP contribution in [0.2, 0.25) is 0 Å². The standard InChI is InChI=1S/C36H75O2P/c1-7-11-15-19-20-21-22-23-24-25-26-30-34-39(31-27-16-12-8-2,32-28-17-13-9-3,33-29-18-14-10-4)38-36(37)35(5)6/h35H,7-34H2,1-6H3. The van der Waals surface area contributed by atoms with Gasteiger partial charge in [0.25, 0.3) is 0 Å². The summed E-state index contributed by atoms with van der Waals surface area (Å²) in [6, 6.07) is 0. The Morgan fingerprint density at radius 1 is 0.436 bits per heavy atom. The Labute approximate surface area is 248 Å². The Hall–Kier alpha value is -0.100. The van der Waals surface area contributed by atoms with Crippen LogP contribution >= 0.6 is 6.83 Å². The molecule has 0 heterocycles. The van der Waals surface area contributed by atoms with Gasteiger partial charge < -0.3 is 0 Å². The van der Waals surface area contributed by atoms with E-state index >= 15 is 0 Å². The molecule has 0 saturated carbocycles. The summed E-state index contributed by atoms with van der Waals surface area (Å²) in [4.78, 5) is 13.4. The Balaban J connectivity index is 5.35. The number of unbranched alkanes of at least 4 members (excludes halogenated alkanes) is 20. The molecule has 0 saturated heterocycles. The predicted octanol–water partition coefficient (Wildman–Crippen LogP) is 13.1. The second kappa shape index (κ2) is 25.6. The molecule has 2 nitrogen and oxygen atoms in total. The quantitative estimate of drug-likeness (QED) is 0.0634. The first-order valence-corrected chi connectivity index (χ1v) is 21.0. The molecule has 0 rings (SSSR count). The van der Waals surface area contributed by atoms with Crippen molar-refractivity contribution in [2.45, 2.75) is 196 Å². The van der Waals surface area contributed by atoms with Crippen molar-refractivity contribution in [2.24, 2.45) is 5.92 Å². The molecule has 0 atom stereocenters. The molecule has 0 aliphatic heterocycles. The van der Waals surface area contributed by atoms with Crippen LogP contribution in [0.25, 0.3) is 0 Å². The average molecular weight is 571 g/mol. The Morgan fingerprint density at radius 3 is 0.923 bits per heavy atom. The van der Waals surface area contributed by atoms with E-state index in [2.05, 4.69) is 27.7 Å². The first-order valence-electron chi connectivity index (χ1n) is 18.1. The van der Waals surface area contributed by atoms with Crippen molar-refractivity contribution in [3.05, 3.63) is 0 Å². The Kier molecular flexibility index (Phi) is 25.5. The molecule has 3 heteroatoms. The van der Waals surface area contributed by atoms with E-state index in [9.17, 15) is 4.79 Å². The van der Waals surface area contributed by atoms with E-state index in [0.29, 0.717) is 0 Å². The zero-order chi connectivity index (χ0) is 29.1. The van der Waals surface area contributed by atoms with Crippen molar-refractivity contribution in [2.75, 3.05) is 24.6 Å². The minimum atomic E-state index is -2.57. The van der Waals surface area contributed by atoms with Crippen LogP contribution in [0, 0.1) is 5.92 Å². The number of hydrogen-bond acceptors (Lipinski definition) is 2. The second-order valence-electron chi connectivity index (χ2n) is 13.4. The topological polar surface area (TPSA) is 26.3 Å². The van der Waals surface area contributed by atoms with Gasteiger partial charge in [-0.15, -0.1) is 0 Å². The van der Waals surface area contributed by atoms with Crippen molar-refractivity contribution in [3.8, 4) is 0 Å². The summed E-state index contributed by atoms with van der Waals surface area (Å²) < 4.78 is 7.02. The van der Waals surface area contributed by atoms with Gasteiger partial charge in [0.15, 0.2) is 0 Å². The molecule has 0 aromatic carbocycles. The van der Waals surface area contributed by atoms with Crippen molar-refractivity contribution < 1.29 is 9.32 Å². The first-order chi connectivity index (χ1) is 18.9. The van der Waals surface area contributed by atoms with Gasteiger partial charge in [0.2, 0.25) is 0 Å². The van der Waals surface area contributed by atoms with Crippen molar-refractivity contribution >= 4 is 12.8 Å². The number of carbonyl (C=O) groups is 1. The third kappa shape index (κ3) is 19.6. The van der Waals surface area contributed by atoms with Crippen LogP contribution in [-0.4, -0.2) is 30.6 Å². The molecular formula is C36H75O2P. The fraction of sp³-hybridized carbons (Fsp3) is 0.972. The molecule has 0 unspecified atom stereocenters. The molecule has 0 spiro atoms. The molecule has 0 aromatic rings. The fourth-order valence-electron chi connectivity index (χ4n) is 6.38. The summed E-state index contributed by atoms with van der Waals surface area (Å²) in [5.41, 5.74) is 0. The molecule has 39 heavy (non-hydrogen) atoms. The van der Waals surface area contributed by atoms with Gasteiger partial charge in [0, 0.05) is 0 Å². The maximum absolute atomic E-state index is 13.4. The summed E-state index contributed by atoms with van der Waals surface area (Å²) in [5.74, 6) is 0.0866. The molecule has 0 aromatic heterocycles. The third-order valence-electron chi connectivity index (χ3n) is 9.13. The third-order valence-corrected chi connectivity index (χ3v) is 15.6. The molecule has 236 valence electrons. The van der Waals surface area contributed by atoms with Crippen LogP contribution in [0.3, 0.4) is 0 Å². The van der Waals surface area contributed by atoms with Gasteiger partial charge in [0.1, 0.15) is 0 Å². The van der Waals surface area contributed by atoms with Crippen molar-refractivity contribution in [1.82, 2.24) is 0 Å². The van der Waals surface area contributed by atoms with Crippen molar-refractivity contribution in [3.63, 3.8) is 0 Å². The van der Waals surface area contributed by atoms with Crippen LogP contribution in [0.1, 0.15) is 196 Å². The van der Waals surface area contributed by atoms with E-state index < -0.39 is 6.83 Å². The summed E-state index contributed by atoms with van der Waals surface area (Å²) in [6.07, 6.45) is 36.9. The van der Waals surface area contributed by atoms with Gasteiger partial charge in [-0.1, -0.05) is 13.3 Å². The van der Waals surface area contributed by atoms with E-state index in [1.807, 2.05) is 13.8 Å². The average Bonchev–Trinajstić information content (AvgIpc) is 2.92. The molecule has 0 N–H and O–H groups in total. The predicted molar refractivity (Wildman–Crippen MR) is 181 cm³/mol. The van der Waals surface area contributed by atoms with Gasteiger partial charge in [-0.05, 0) is 0 Å². The van der Waals surface area contributed by atoms with Crippen molar-refractivity contribution in [1.29, 1.82) is 0 Å². The Bertz CT molecular complexity index is 510. The van der Waals surface area contributed by atoms with E-state index in [1.165, 1.54) is 179 Å². The molecule has 0 fully saturated rings. The molecule has 0 bridgehead atoms. The molecule has 0 radical (unpaired) electrons. The first kappa shape index (κ1) is 38.9. The SMILES string of the molecule is CCCCCCCCCCCCCCP(CCCCCC)(CCCCCC)(CCCCCC)OC(=O)C(C)C. The zero-order valence-electron chi connectivity index (χ0n) is 28.1. The van der Waals surface area contributed by atoms with Crippen LogP contribution in [0.4, 0.5) is 0 Å². The van der Waals surface area contributed by atoms with E-state index in [1.54, 1.807) is 0 Å². The fourth-order valence-corrected chi connectivity index (χ4v) is 12.9. The van der Waals surface area contributed by atoms with Crippen LogP contribution in [0.5, 0.6) is 0 Å². The number of hydrogen-bond donors (Lipinski definition) is 0. The normalized spacial score (nSPS) is 13.1. The van der Waals surface area contributed by atoms with Gasteiger partial charge in [-0.2, -0.15) is 0 Å². The monoisotopic (exact) mass is 571 g/mol. The molecule has 0 aliphatic rings. The van der Waals surface area contributed by atoms with Crippen LogP contribution in [0.15, 0.2) is 0 Å². The second-order valence-corrected chi connectivity index (χ2v) is 19.1. The Morgan fingerprint density at radius 2 is 0.667 bits per heavy atom. The van der Waals surface area contributed by atoms with E-state index in [4.69, 9.17) is 4.52 Å². The number of rotatable bonds is 30. The molecular weight excluding hydrogens is 495 g/mol. The van der Waals surface area contributed by atoms with E-state index in [0.717, 1.165) is 0 Å². The molecule has 0 aliphatic carbocycles.